The molecule has 2 N–H and O–H groups in total. The summed E-state index contributed by atoms with van der Waals surface area (Å²) in [4.78, 5) is 10.2. The van der Waals surface area contributed by atoms with Gasteiger partial charge in [0.15, 0.2) is 0 Å². The van der Waals surface area contributed by atoms with Gasteiger partial charge in [-0.2, -0.15) is 0 Å². The minimum Gasteiger partial charge on any atom is -0.667 e. The molecule has 13 heavy (non-hydrogen) atoms. The van der Waals surface area contributed by atoms with Crippen molar-refractivity contribution in [3.05, 3.63) is 41.6 Å². The van der Waals surface area contributed by atoms with Gasteiger partial charge < -0.3 is 15.8 Å². The van der Waals surface area contributed by atoms with Crippen LogP contribution in [0, 0.1) is 0 Å². The normalized spacial score (nSPS) is 8.92. The molecule has 0 aliphatic rings. The summed E-state index contributed by atoms with van der Waals surface area (Å²) in [6, 6.07) is 9.78. The SMILES string of the molecule is [NH-]C(=O)CNCc1ccccc1.[W]. The van der Waals surface area contributed by atoms with Crippen LogP contribution in [0.5, 0.6) is 0 Å². The third kappa shape index (κ3) is 5.56. The Hall–Kier alpha value is -0.662. The van der Waals surface area contributed by atoms with Gasteiger partial charge in [-0.1, -0.05) is 30.3 Å². The first-order valence-electron chi connectivity index (χ1n) is 3.78. The molecule has 0 aliphatic heterocycles. The van der Waals surface area contributed by atoms with E-state index in [1.54, 1.807) is 0 Å². The molecule has 0 fully saturated rings. The van der Waals surface area contributed by atoms with Crippen molar-refractivity contribution in [2.75, 3.05) is 6.54 Å². The number of carbonyl (C=O) groups is 1. The van der Waals surface area contributed by atoms with E-state index in [-0.39, 0.29) is 27.6 Å². The summed E-state index contributed by atoms with van der Waals surface area (Å²) in [6.07, 6.45) is 0. The number of nitrogens with one attached hydrogen (secondary N) is 2. The fourth-order valence-electron chi connectivity index (χ4n) is 0.916. The van der Waals surface area contributed by atoms with Crippen LogP contribution in [0.4, 0.5) is 0 Å². The second-order valence-electron chi connectivity index (χ2n) is 2.51. The maximum absolute atomic E-state index is 10.2. The first-order chi connectivity index (χ1) is 5.79. The van der Waals surface area contributed by atoms with E-state index in [1.165, 1.54) is 0 Å². The predicted octanol–water partition coefficient (Wildman–Crippen LogP) is 1.35. The van der Waals surface area contributed by atoms with Crippen molar-refractivity contribution < 1.29 is 25.9 Å². The van der Waals surface area contributed by atoms with Crippen LogP contribution in [0.15, 0.2) is 30.3 Å². The number of hydrogen-bond donors (Lipinski definition) is 1. The van der Waals surface area contributed by atoms with Crippen LogP contribution in [0.1, 0.15) is 5.56 Å². The topological polar surface area (TPSA) is 52.9 Å². The average molecular weight is 347 g/mol. The number of carbonyl (C=O) groups excluding carboxylic acids is 1. The van der Waals surface area contributed by atoms with Crippen molar-refractivity contribution in [2.24, 2.45) is 0 Å². The van der Waals surface area contributed by atoms with Crippen molar-refractivity contribution >= 4 is 5.91 Å². The molecular formula is C9H11N2OW-. The molecule has 0 aliphatic carbocycles. The minimum atomic E-state index is -0.578. The molecule has 0 heterocycles. The van der Waals surface area contributed by atoms with E-state index < -0.39 is 5.91 Å². The summed E-state index contributed by atoms with van der Waals surface area (Å²) in [5, 5.41) is 2.86. The molecule has 0 saturated heterocycles. The first-order valence-corrected chi connectivity index (χ1v) is 3.78. The van der Waals surface area contributed by atoms with Crippen molar-refractivity contribution in [1.82, 2.24) is 5.32 Å². The second-order valence-corrected chi connectivity index (χ2v) is 2.51. The summed E-state index contributed by atoms with van der Waals surface area (Å²) < 4.78 is 0. The maximum Gasteiger partial charge on any atom is 0.0628 e. The Kier molecular flexibility index (Phi) is 6.46. The second kappa shape index (κ2) is 6.81. The van der Waals surface area contributed by atoms with Crippen LogP contribution in [0.2, 0.25) is 0 Å². The van der Waals surface area contributed by atoms with Crippen LogP contribution >= 0.6 is 0 Å². The van der Waals surface area contributed by atoms with E-state index in [0.29, 0.717) is 6.54 Å². The smallest absolute Gasteiger partial charge is 0.0628 e. The van der Waals surface area contributed by atoms with Gasteiger partial charge in [0, 0.05) is 34.2 Å². The Balaban J connectivity index is 0.00000144. The Morgan fingerprint density at radius 2 is 1.92 bits per heavy atom. The molecule has 0 radical (unpaired) electrons. The summed E-state index contributed by atoms with van der Waals surface area (Å²) in [5.41, 5.74) is 7.77. The number of rotatable bonds is 4. The molecule has 1 aromatic carbocycles. The van der Waals surface area contributed by atoms with Gasteiger partial charge in [-0.15, -0.1) is 0 Å². The molecule has 0 saturated carbocycles. The van der Waals surface area contributed by atoms with Gasteiger partial charge in [0.05, 0.1) is 5.91 Å². The Morgan fingerprint density at radius 1 is 1.31 bits per heavy atom. The molecule has 70 valence electrons. The summed E-state index contributed by atoms with van der Waals surface area (Å²) in [5.74, 6) is -0.578. The Bertz CT molecular complexity index is 251. The van der Waals surface area contributed by atoms with Gasteiger partial charge in [0.2, 0.25) is 0 Å². The van der Waals surface area contributed by atoms with E-state index in [0.717, 1.165) is 5.56 Å². The van der Waals surface area contributed by atoms with E-state index in [9.17, 15) is 4.79 Å². The molecule has 3 nitrogen and oxygen atoms in total. The maximum atomic E-state index is 10.2. The van der Waals surface area contributed by atoms with Crippen LogP contribution in [0.25, 0.3) is 5.73 Å². The third-order valence-electron chi connectivity index (χ3n) is 1.46. The summed E-state index contributed by atoms with van der Waals surface area (Å²) >= 11 is 0. The number of benzene rings is 1. The molecule has 1 aromatic rings. The monoisotopic (exact) mass is 347 g/mol. The molecule has 4 heteroatoms. The Morgan fingerprint density at radius 3 is 2.46 bits per heavy atom. The van der Waals surface area contributed by atoms with E-state index in [2.05, 4.69) is 5.32 Å². The quantitative estimate of drug-likeness (QED) is 0.894. The van der Waals surface area contributed by atoms with E-state index in [1.807, 2.05) is 30.3 Å². The number of amides is 1. The Labute approximate surface area is 92.0 Å². The molecule has 0 aromatic heterocycles. The third-order valence-corrected chi connectivity index (χ3v) is 1.46. The van der Waals surface area contributed by atoms with Crippen molar-refractivity contribution in [1.29, 1.82) is 0 Å². The van der Waals surface area contributed by atoms with Gasteiger partial charge in [0.1, 0.15) is 0 Å². The van der Waals surface area contributed by atoms with Crippen molar-refractivity contribution in [3.63, 3.8) is 0 Å². The molecule has 1 amide bonds. The van der Waals surface area contributed by atoms with Crippen LogP contribution in [0.3, 0.4) is 0 Å². The van der Waals surface area contributed by atoms with Gasteiger partial charge >= 0.3 is 0 Å². The molecule has 0 bridgehead atoms. The molecule has 0 spiro atoms. The zero-order valence-corrected chi connectivity index (χ0v) is 10.1. The van der Waals surface area contributed by atoms with Crippen LogP contribution in [-0.4, -0.2) is 12.5 Å². The van der Waals surface area contributed by atoms with Crippen LogP contribution < -0.4 is 5.32 Å². The van der Waals surface area contributed by atoms with Gasteiger partial charge in [-0.25, -0.2) is 0 Å². The first kappa shape index (κ1) is 12.3. The molecule has 0 atom stereocenters. The fraction of sp³-hybridized carbons (Fsp3) is 0.222. The zero-order valence-electron chi connectivity index (χ0n) is 7.12. The van der Waals surface area contributed by atoms with E-state index >= 15 is 0 Å². The van der Waals surface area contributed by atoms with Crippen molar-refractivity contribution in [3.8, 4) is 0 Å². The summed E-state index contributed by atoms with van der Waals surface area (Å²) in [6.45, 7) is 0.764. The summed E-state index contributed by atoms with van der Waals surface area (Å²) in [7, 11) is 0. The van der Waals surface area contributed by atoms with Gasteiger partial charge in [-0.3, -0.25) is 0 Å². The fourth-order valence-corrected chi connectivity index (χ4v) is 0.916. The zero-order chi connectivity index (χ0) is 8.81. The largest absolute Gasteiger partial charge is 0.667 e. The number of hydrogen-bond acceptors (Lipinski definition) is 2. The average Bonchev–Trinajstić information content (AvgIpc) is 2.05. The predicted molar refractivity (Wildman–Crippen MR) is 47.5 cm³/mol. The molecule has 1 rings (SSSR count). The van der Waals surface area contributed by atoms with Gasteiger partial charge in [0.25, 0.3) is 0 Å². The standard InChI is InChI=1S/C9H12N2O.W/c10-9(12)7-11-6-8-4-2-1-3-5-8;/h1-5,11H,6-7H2,(H2,10,12);/p-1. The molecule has 0 unspecified atom stereocenters. The van der Waals surface area contributed by atoms with Crippen LogP contribution in [-0.2, 0) is 32.4 Å². The van der Waals surface area contributed by atoms with Gasteiger partial charge in [-0.05, 0) is 5.56 Å². The minimum absolute atomic E-state index is 0. The molecular weight excluding hydrogens is 336 g/mol. The van der Waals surface area contributed by atoms with E-state index in [4.69, 9.17) is 5.73 Å². The van der Waals surface area contributed by atoms with Crippen molar-refractivity contribution in [2.45, 2.75) is 6.54 Å².